The number of ether oxygens (including phenoxy) is 1. The molecule has 2 rings (SSSR count). The van der Waals surface area contributed by atoms with E-state index in [2.05, 4.69) is 6.58 Å². The minimum Gasteiger partial charge on any atom is -0.373 e. The van der Waals surface area contributed by atoms with Gasteiger partial charge in [-0.05, 0) is 29.7 Å². The third-order valence-electron chi connectivity index (χ3n) is 3.68. The molecule has 1 unspecified atom stereocenters. The lowest BCUT2D eigenvalue weighted by atomic mass is 9.93. The molecule has 1 amide bonds. The SMILES string of the molecule is C=CCC(OCC)c1ccc2ccccc2c1C(=O)N(C)C. The number of amides is 1. The van der Waals surface area contributed by atoms with Gasteiger partial charge in [0.05, 0.1) is 11.7 Å². The Labute approximate surface area is 132 Å². The molecular weight excluding hydrogens is 274 g/mol. The van der Waals surface area contributed by atoms with Crippen molar-refractivity contribution in [3.05, 3.63) is 60.2 Å². The van der Waals surface area contributed by atoms with E-state index in [0.29, 0.717) is 13.0 Å². The quantitative estimate of drug-likeness (QED) is 0.748. The van der Waals surface area contributed by atoms with Crippen molar-refractivity contribution in [3.8, 4) is 0 Å². The second-order valence-electron chi connectivity index (χ2n) is 5.42. The van der Waals surface area contributed by atoms with Crippen LogP contribution < -0.4 is 0 Å². The molecule has 0 aliphatic heterocycles. The summed E-state index contributed by atoms with van der Waals surface area (Å²) in [4.78, 5) is 14.4. The molecule has 22 heavy (non-hydrogen) atoms. The van der Waals surface area contributed by atoms with Crippen LogP contribution in [-0.4, -0.2) is 31.5 Å². The molecule has 3 nitrogen and oxygen atoms in total. The summed E-state index contributed by atoms with van der Waals surface area (Å²) in [5.41, 5.74) is 1.66. The number of nitrogens with zero attached hydrogens (tertiary/aromatic N) is 1. The molecule has 0 aromatic heterocycles. The highest BCUT2D eigenvalue weighted by Crippen LogP contribution is 2.31. The summed E-state index contributed by atoms with van der Waals surface area (Å²) in [7, 11) is 3.55. The minimum atomic E-state index is -0.147. The fourth-order valence-corrected chi connectivity index (χ4v) is 2.66. The van der Waals surface area contributed by atoms with Crippen LogP contribution in [0.15, 0.2) is 49.1 Å². The lowest BCUT2D eigenvalue weighted by molar-refractivity contribution is 0.0623. The van der Waals surface area contributed by atoms with E-state index in [-0.39, 0.29) is 12.0 Å². The Hall–Kier alpha value is -2.13. The zero-order valence-corrected chi connectivity index (χ0v) is 13.5. The summed E-state index contributed by atoms with van der Waals surface area (Å²) in [5.74, 6) is 0.000523. The molecule has 2 aromatic carbocycles. The van der Waals surface area contributed by atoms with Gasteiger partial charge in [0.25, 0.3) is 5.91 Å². The van der Waals surface area contributed by atoms with Gasteiger partial charge in [-0.25, -0.2) is 0 Å². The van der Waals surface area contributed by atoms with E-state index in [0.717, 1.165) is 21.9 Å². The Kier molecular flexibility index (Phi) is 5.34. The van der Waals surface area contributed by atoms with E-state index in [9.17, 15) is 4.79 Å². The van der Waals surface area contributed by atoms with Gasteiger partial charge in [0.1, 0.15) is 0 Å². The van der Waals surface area contributed by atoms with Crippen molar-refractivity contribution >= 4 is 16.7 Å². The predicted molar refractivity (Wildman–Crippen MR) is 91.1 cm³/mol. The molecule has 3 heteroatoms. The van der Waals surface area contributed by atoms with Crippen molar-refractivity contribution in [1.82, 2.24) is 4.90 Å². The maximum absolute atomic E-state index is 12.7. The summed E-state index contributed by atoms with van der Waals surface area (Å²) < 4.78 is 5.85. The number of hydrogen-bond donors (Lipinski definition) is 0. The molecule has 0 radical (unpaired) electrons. The molecule has 0 heterocycles. The van der Waals surface area contributed by atoms with E-state index in [1.807, 2.05) is 49.4 Å². The topological polar surface area (TPSA) is 29.5 Å². The Morgan fingerprint density at radius 1 is 1.27 bits per heavy atom. The Balaban J connectivity index is 2.69. The standard InChI is InChI=1S/C19H23NO2/c1-5-9-17(22-6-2)16-13-12-14-10-7-8-11-15(14)18(16)19(21)20(3)4/h5,7-8,10-13,17H,1,6,9H2,2-4H3. The molecular formula is C19H23NO2. The summed E-state index contributed by atoms with van der Waals surface area (Å²) in [5, 5.41) is 2.03. The highest BCUT2D eigenvalue weighted by molar-refractivity contribution is 6.08. The van der Waals surface area contributed by atoms with Crippen molar-refractivity contribution in [2.24, 2.45) is 0 Å². The summed E-state index contributed by atoms with van der Waals surface area (Å²) in [6.45, 7) is 6.37. The molecule has 0 saturated carbocycles. The third kappa shape index (κ3) is 3.20. The second-order valence-corrected chi connectivity index (χ2v) is 5.42. The smallest absolute Gasteiger partial charge is 0.254 e. The lowest BCUT2D eigenvalue weighted by Crippen LogP contribution is -2.24. The molecule has 0 aliphatic rings. The van der Waals surface area contributed by atoms with Crippen LogP contribution in [-0.2, 0) is 4.74 Å². The van der Waals surface area contributed by atoms with E-state index in [4.69, 9.17) is 4.74 Å². The van der Waals surface area contributed by atoms with Crippen LogP contribution in [0.4, 0.5) is 0 Å². The number of fused-ring (bicyclic) bond motifs is 1. The largest absolute Gasteiger partial charge is 0.373 e. The molecule has 0 fully saturated rings. The number of carbonyl (C=O) groups is 1. The molecule has 0 saturated heterocycles. The zero-order valence-electron chi connectivity index (χ0n) is 13.5. The maximum Gasteiger partial charge on any atom is 0.254 e. The highest BCUT2D eigenvalue weighted by Gasteiger charge is 2.22. The summed E-state index contributed by atoms with van der Waals surface area (Å²) in [6, 6.07) is 12.0. The number of hydrogen-bond acceptors (Lipinski definition) is 2. The van der Waals surface area contributed by atoms with Crippen LogP contribution in [0.2, 0.25) is 0 Å². The first-order valence-corrected chi connectivity index (χ1v) is 7.56. The Morgan fingerprint density at radius 3 is 2.64 bits per heavy atom. The predicted octanol–water partition coefficient (Wildman–Crippen LogP) is 4.20. The lowest BCUT2D eigenvalue weighted by Gasteiger charge is -2.22. The molecule has 116 valence electrons. The van der Waals surface area contributed by atoms with E-state index >= 15 is 0 Å². The van der Waals surface area contributed by atoms with Gasteiger partial charge in [0.2, 0.25) is 0 Å². The summed E-state index contributed by atoms with van der Waals surface area (Å²) in [6.07, 6.45) is 2.37. The van der Waals surface area contributed by atoms with Crippen LogP contribution in [0.3, 0.4) is 0 Å². The first kappa shape index (κ1) is 16.2. The molecule has 2 aromatic rings. The third-order valence-corrected chi connectivity index (χ3v) is 3.68. The number of carbonyl (C=O) groups excluding carboxylic acids is 1. The van der Waals surface area contributed by atoms with Gasteiger partial charge in [0.15, 0.2) is 0 Å². The van der Waals surface area contributed by atoms with Crippen LogP contribution in [0, 0.1) is 0 Å². The van der Waals surface area contributed by atoms with E-state index in [1.165, 1.54) is 0 Å². The van der Waals surface area contributed by atoms with Crippen LogP contribution in [0.1, 0.15) is 35.4 Å². The Bertz CT molecular complexity index is 676. The minimum absolute atomic E-state index is 0.000523. The average molecular weight is 297 g/mol. The molecule has 0 spiro atoms. The Morgan fingerprint density at radius 2 is 2.00 bits per heavy atom. The molecule has 0 aliphatic carbocycles. The fraction of sp³-hybridized carbons (Fsp3) is 0.316. The monoisotopic (exact) mass is 297 g/mol. The van der Waals surface area contributed by atoms with Crippen molar-refractivity contribution in [3.63, 3.8) is 0 Å². The first-order chi connectivity index (χ1) is 10.6. The van der Waals surface area contributed by atoms with Crippen LogP contribution in [0.5, 0.6) is 0 Å². The zero-order chi connectivity index (χ0) is 16.1. The van der Waals surface area contributed by atoms with Crippen molar-refractivity contribution < 1.29 is 9.53 Å². The van der Waals surface area contributed by atoms with Crippen LogP contribution in [0.25, 0.3) is 10.8 Å². The summed E-state index contributed by atoms with van der Waals surface area (Å²) >= 11 is 0. The number of rotatable bonds is 6. The van der Waals surface area contributed by atoms with Gasteiger partial charge in [-0.1, -0.05) is 42.5 Å². The van der Waals surface area contributed by atoms with Gasteiger partial charge < -0.3 is 9.64 Å². The van der Waals surface area contributed by atoms with Crippen molar-refractivity contribution in [2.75, 3.05) is 20.7 Å². The van der Waals surface area contributed by atoms with Gasteiger partial charge in [-0.3, -0.25) is 4.79 Å². The normalized spacial score (nSPS) is 12.1. The van der Waals surface area contributed by atoms with Crippen molar-refractivity contribution in [2.45, 2.75) is 19.4 Å². The van der Waals surface area contributed by atoms with Crippen LogP contribution >= 0.6 is 0 Å². The highest BCUT2D eigenvalue weighted by atomic mass is 16.5. The van der Waals surface area contributed by atoms with Crippen molar-refractivity contribution in [1.29, 1.82) is 0 Å². The first-order valence-electron chi connectivity index (χ1n) is 7.56. The van der Waals surface area contributed by atoms with E-state index in [1.54, 1.807) is 19.0 Å². The molecule has 1 atom stereocenters. The van der Waals surface area contributed by atoms with Gasteiger partial charge in [-0.2, -0.15) is 0 Å². The molecule has 0 N–H and O–H groups in total. The van der Waals surface area contributed by atoms with E-state index < -0.39 is 0 Å². The maximum atomic E-state index is 12.7. The molecule has 0 bridgehead atoms. The fourth-order valence-electron chi connectivity index (χ4n) is 2.66. The van der Waals surface area contributed by atoms with Gasteiger partial charge in [-0.15, -0.1) is 6.58 Å². The number of benzene rings is 2. The van der Waals surface area contributed by atoms with Gasteiger partial charge in [0, 0.05) is 20.7 Å². The second kappa shape index (κ2) is 7.23. The van der Waals surface area contributed by atoms with Gasteiger partial charge >= 0.3 is 0 Å². The average Bonchev–Trinajstić information content (AvgIpc) is 2.52.